The summed E-state index contributed by atoms with van der Waals surface area (Å²) in [6.07, 6.45) is 0. The predicted octanol–water partition coefficient (Wildman–Crippen LogP) is 4.74. The third kappa shape index (κ3) is 3.91. The number of benzene rings is 2. The maximum absolute atomic E-state index is 11.9. The van der Waals surface area contributed by atoms with Gasteiger partial charge in [0.25, 0.3) is 0 Å². The van der Waals surface area contributed by atoms with Crippen LogP contribution in [0.3, 0.4) is 0 Å². The van der Waals surface area contributed by atoms with Crippen LogP contribution in [-0.2, 0) is 13.1 Å². The number of carboxylic acids is 1. The van der Waals surface area contributed by atoms with E-state index in [0.717, 1.165) is 28.3 Å². The zero-order valence-electron chi connectivity index (χ0n) is 16.1. The van der Waals surface area contributed by atoms with Crippen molar-refractivity contribution in [3.63, 3.8) is 0 Å². The number of halogens is 1. The van der Waals surface area contributed by atoms with Gasteiger partial charge in [0, 0.05) is 46.3 Å². The zero-order chi connectivity index (χ0) is 20.3. The minimum absolute atomic E-state index is 0.333. The maximum atomic E-state index is 11.9. The fourth-order valence-electron chi connectivity index (χ4n) is 3.55. The van der Waals surface area contributed by atoms with Gasteiger partial charge in [0.05, 0.1) is 12.7 Å². The van der Waals surface area contributed by atoms with E-state index in [1.807, 2.05) is 54.8 Å². The number of hydrogen-bond acceptors (Lipinski definition) is 3. The van der Waals surface area contributed by atoms with Crippen molar-refractivity contribution in [2.45, 2.75) is 26.9 Å². The highest BCUT2D eigenvalue weighted by Gasteiger charge is 2.23. The summed E-state index contributed by atoms with van der Waals surface area (Å²) in [5.41, 5.74) is 4.60. The monoisotopic (exact) mass is 398 g/mol. The van der Waals surface area contributed by atoms with Crippen molar-refractivity contribution in [1.82, 2.24) is 9.88 Å². The number of rotatable bonds is 7. The highest BCUT2D eigenvalue weighted by Crippen LogP contribution is 2.27. The first kappa shape index (κ1) is 20.0. The molecule has 1 heterocycles. The molecule has 0 aliphatic carbocycles. The molecule has 0 saturated carbocycles. The van der Waals surface area contributed by atoms with Gasteiger partial charge in [-0.1, -0.05) is 29.8 Å². The molecule has 3 aromatic rings. The largest absolute Gasteiger partial charge is 0.496 e. The molecule has 146 valence electrons. The molecule has 3 rings (SSSR count). The molecule has 2 N–H and O–H groups in total. The molecule has 0 fully saturated rings. The minimum Gasteiger partial charge on any atom is -0.496 e. The number of aromatic carboxylic acids is 1. The molecule has 6 heteroatoms. The lowest BCUT2D eigenvalue weighted by molar-refractivity contribution is 0.0695. The molecular weight excluding hydrogens is 376 g/mol. The van der Waals surface area contributed by atoms with E-state index in [0.29, 0.717) is 29.4 Å². The van der Waals surface area contributed by atoms with Gasteiger partial charge in [-0.3, -0.25) is 0 Å². The van der Waals surface area contributed by atoms with Crippen LogP contribution in [0.4, 0.5) is 0 Å². The molecule has 0 aliphatic rings. The molecule has 0 amide bonds. The van der Waals surface area contributed by atoms with Crippen LogP contribution in [0.5, 0.6) is 5.75 Å². The van der Waals surface area contributed by atoms with Crippen molar-refractivity contribution in [3.8, 4) is 11.4 Å². The SMILES string of the molecule is COc1ccccc1CNCc1c(C(=O)O)c(C)n(-c2ccc(Cl)cc2)c1C. The van der Waals surface area contributed by atoms with E-state index in [2.05, 4.69) is 5.32 Å². The van der Waals surface area contributed by atoms with Gasteiger partial charge in [-0.05, 0) is 44.2 Å². The summed E-state index contributed by atoms with van der Waals surface area (Å²) in [6.45, 7) is 4.78. The first-order valence-electron chi connectivity index (χ1n) is 8.96. The van der Waals surface area contributed by atoms with Crippen molar-refractivity contribution in [2.24, 2.45) is 0 Å². The smallest absolute Gasteiger partial charge is 0.337 e. The summed E-state index contributed by atoms with van der Waals surface area (Å²) in [4.78, 5) is 11.9. The first-order valence-corrected chi connectivity index (χ1v) is 9.34. The summed E-state index contributed by atoms with van der Waals surface area (Å²) in [6, 6.07) is 15.2. The number of carbonyl (C=O) groups is 1. The van der Waals surface area contributed by atoms with Crippen LogP contribution in [0.15, 0.2) is 48.5 Å². The molecule has 28 heavy (non-hydrogen) atoms. The quantitative estimate of drug-likeness (QED) is 0.603. The predicted molar refractivity (Wildman–Crippen MR) is 111 cm³/mol. The van der Waals surface area contributed by atoms with Crippen LogP contribution in [-0.4, -0.2) is 22.8 Å². The van der Waals surface area contributed by atoms with Crippen LogP contribution in [0, 0.1) is 13.8 Å². The normalized spacial score (nSPS) is 10.9. The summed E-state index contributed by atoms with van der Waals surface area (Å²) in [5.74, 6) is -0.123. The maximum Gasteiger partial charge on any atom is 0.337 e. The van der Waals surface area contributed by atoms with Crippen molar-refractivity contribution in [2.75, 3.05) is 7.11 Å². The average Bonchev–Trinajstić information content (AvgIpc) is 2.93. The lowest BCUT2D eigenvalue weighted by atomic mass is 10.1. The zero-order valence-corrected chi connectivity index (χ0v) is 16.9. The summed E-state index contributed by atoms with van der Waals surface area (Å²) in [7, 11) is 1.64. The number of aromatic nitrogens is 1. The van der Waals surface area contributed by atoms with E-state index >= 15 is 0 Å². The van der Waals surface area contributed by atoms with Crippen molar-refractivity contribution in [1.29, 1.82) is 0 Å². The standard InChI is InChI=1S/C22H23ClN2O3/c1-14-19(13-24-12-16-6-4-5-7-20(16)28-3)21(22(26)27)15(2)25(14)18-10-8-17(23)9-11-18/h4-11,24H,12-13H2,1-3H3,(H,26,27). The van der Waals surface area contributed by atoms with E-state index in [-0.39, 0.29) is 0 Å². The van der Waals surface area contributed by atoms with Gasteiger partial charge in [-0.2, -0.15) is 0 Å². The Morgan fingerprint density at radius 1 is 1.07 bits per heavy atom. The molecule has 0 spiro atoms. The van der Waals surface area contributed by atoms with E-state index in [9.17, 15) is 9.90 Å². The lowest BCUT2D eigenvalue weighted by Crippen LogP contribution is -2.16. The van der Waals surface area contributed by atoms with Crippen LogP contribution < -0.4 is 10.1 Å². The van der Waals surface area contributed by atoms with E-state index < -0.39 is 5.97 Å². The van der Waals surface area contributed by atoms with Crippen molar-refractivity contribution < 1.29 is 14.6 Å². The van der Waals surface area contributed by atoms with Crippen molar-refractivity contribution in [3.05, 3.63) is 81.6 Å². The van der Waals surface area contributed by atoms with Crippen LogP contribution in [0.1, 0.15) is 32.9 Å². The Balaban J connectivity index is 1.91. The van der Waals surface area contributed by atoms with Gasteiger partial charge in [0.15, 0.2) is 0 Å². The van der Waals surface area contributed by atoms with E-state index in [1.54, 1.807) is 19.2 Å². The molecule has 2 aromatic carbocycles. The lowest BCUT2D eigenvalue weighted by Gasteiger charge is -2.11. The number of ether oxygens (including phenoxy) is 1. The Labute approximate surface area is 169 Å². The van der Waals surface area contributed by atoms with Crippen LogP contribution in [0.25, 0.3) is 5.69 Å². The van der Waals surface area contributed by atoms with Gasteiger partial charge in [0.1, 0.15) is 5.75 Å². The topological polar surface area (TPSA) is 63.5 Å². The fraction of sp³-hybridized carbons (Fsp3) is 0.227. The molecule has 0 radical (unpaired) electrons. The third-order valence-corrected chi connectivity index (χ3v) is 5.13. The van der Waals surface area contributed by atoms with Gasteiger partial charge >= 0.3 is 5.97 Å². The average molecular weight is 399 g/mol. The van der Waals surface area contributed by atoms with Gasteiger partial charge in [0.2, 0.25) is 0 Å². The van der Waals surface area contributed by atoms with Crippen LogP contribution >= 0.6 is 11.6 Å². The Bertz CT molecular complexity index is 994. The highest BCUT2D eigenvalue weighted by molar-refractivity contribution is 6.30. The molecule has 0 unspecified atom stereocenters. The fourth-order valence-corrected chi connectivity index (χ4v) is 3.67. The second-order valence-electron chi connectivity index (χ2n) is 6.56. The number of carboxylic acid groups (broad SMARTS) is 1. The molecule has 1 aromatic heterocycles. The molecule has 0 atom stereocenters. The molecular formula is C22H23ClN2O3. The number of methoxy groups -OCH3 is 1. The number of nitrogens with one attached hydrogen (secondary N) is 1. The number of nitrogens with zero attached hydrogens (tertiary/aromatic N) is 1. The van der Waals surface area contributed by atoms with Gasteiger partial charge < -0.3 is 19.7 Å². The van der Waals surface area contributed by atoms with E-state index in [1.165, 1.54) is 0 Å². The van der Waals surface area contributed by atoms with Gasteiger partial charge in [-0.25, -0.2) is 4.79 Å². The molecule has 5 nitrogen and oxygen atoms in total. The Morgan fingerprint density at radius 2 is 1.75 bits per heavy atom. The second-order valence-corrected chi connectivity index (χ2v) is 6.99. The summed E-state index contributed by atoms with van der Waals surface area (Å²) < 4.78 is 7.33. The van der Waals surface area contributed by atoms with E-state index in [4.69, 9.17) is 16.3 Å². The molecule has 0 saturated heterocycles. The number of hydrogen-bond donors (Lipinski definition) is 2. The molecule has 0 bridgehead atoms. The Morgan fingerprint density at radius 3 is 2.39 bits per heavy atom. The Hall–Kier alpha value is -2.76. The van der Waals surface area contributed by atoms with Gasteiger partial charge in [-0.15, -0.1) is 0 Å². The highest BCUT2D eigenvalue weighted by atomic mass is 35.5. The van der Waals surface area contributed by atoms with Crippen molar-refractivity contribution >= 4 is 17.6 Å². The van der Waals surface area contributed by atoms with Crippen LogP contribution in [0.2, 0.25) is 5.02 Å². The molecule has 0 aliphatic heterocycles. The Kier molecular flexibility index (Phi) is 6.07. The first-order chi connectivity index (χ1) is 13.4. The minimum atomic E-state index is -0.928. The number of para-hydroxylation sites is 1. The summed E-state index contributed by atoms with van der Waals surface area (Å²) >= 11 is 5.99. The summed E-state index contributed by atoms with van der Waals surface area (Å²) in [5, 5.41) is 13.8. The second kappa shape index (κ2) is 8.50. The third-order valence-electron chi connectivity index (χ3n) is 4.88.